The Morgan fingerprint density at radius 2 is 1.20 bits per heavy atom. The van der Waals surface area contributed by atoms with E-state index in [0.717, 1.165) is 0 Å². The van der Waals surface area contributed by atoms with Crippen LogP contribution in [0.3, 0.4) is 0 Å². The van der Waals surface area contributed by atoms with Crippen molar-refractivity contribution in [3.63, 3.8) is 0 Å². The van der Waals surface area contributed by atoms with Gasteiger partial charge in [0, 0.05) is 24.8 Å². The number of hydrogen-bond acceptors (Lipinski definition) is 2. The largest absolute Gasteiger partial charge is 0.358 e. The molecule has 112 valence electrons. The normalized spacial score (nSPS) is 9.05. The number of nitrogens with zero attached hydrogens (tertiary/aromatic N) is 2. The summed E-state index contributed by atoms with van der Waals surface area (Å²) in [5.41, 5.74) is 0. The second kappa shape index (κ2) is 18.1. The van der Waals surface area contributed by atoms with E-state index >= 15 is 0 Å². The van der Waals surface area contributed by atoms with Gasteiger partial charge >= 0.3 is 56.6 Å². The third-order valence-electron chi connectivity index (χ3n) is 1.48. The Hall–Kier alpha value is -0.887. The van der Waals surface area contributed by atoms with E-state index in [4.69, 9.17) is 19.4 Å². The van der Waals surface area contributed by atoms with Crippen molar-refractivity contribution in [2.45, 2.75) is 6.92 Å². The first kappa shape index (κ1) is 21.4. The summed E-state index contributed by atoms with van der Waals surface area (Å²) in [5.74, 6) is 0. The molecule has 2 aromatic heterocycles. The van der Waals surface area contributed by atoms with Crippen LogP contribution in [0.1, 0.15) is 6.92 Å². The number of aromatic nitrogens is 2. The second-order valence-corrected chi connectivity index (χ2v) is 8.70. The van der Waals surface area contributed by atoms with Crippen molar-refractivity contribution in [2.24, 2.45) is 0 Å². The molecule has 2 rings (SSSR count). The van der Waals surface area contributed by atoms with Crippen molar-refractivity contribution in [1.29, 1.82) is 0 Å². The molecule has 0 atom stereocenters. The number of rotatable bonds is 1. The average Bonchev–Trinajstić information content (AvgIpc) is 2.50. The molecule has 0 saturated carbocycles. The molecule has 0 N–H and O–H groups in total. The maximum Gasteiger partial charge on any atom is 0.0267 e. The fourth-order valence-electron chi connectivity index (χ4n) is 0.745. The molecule has 5 heteroatoms. The van der Waals surface area contributed by atoms with Crippen LogP contribution in [0, 0.1) is 7.43 Å². The molecule has 2 heterocycles. The van der Waals surface area contributed by atoms with Crippen LogP contribution >= 0.6 is 19.4 Å². The van der Waals surface area contributed by atoms with E-state index in [1.807, 2.05) is 60.1 Å². The first-order valence-corrected chi connectivity index (χ1v) is 10.9. The van der Waals surface area contributed by atoms with E-state index in [-0.39, 0.29) is 7.43 Å². The molecule has 0 saturated heterocycles. The van der Waals surface area contributed by atoms with E-state index in [2.05, 4.69) is 9.97 Å². The van der Waals surface area contributed by atoms with Gasteiger partial charge in [0.25, 0.3) is 0 Å². The van der Waals surface area contributed by atoms with Crippen LogP contribution in [0.15, 0.2) is 73.3 Å². The first-order chi connectivity index (χ1) is 9.27. The maximum absolute atomic E-state index is 5.46. The summed E-state index contributed by atoms with van der Waals surface area (Å²) in [6.07, 6.45) is 10.8. The van der Waals surface area contributed by atoms with Gasteiger partial charge in [-0.25, -0.2) is 0 Å². The Morgan fingerprint density at radius 3 is 1.30 bits per heavy atom. The smallest absolute Gasteiger partial charge is 0.0267 e. The Morgan fingerprint density at radius 1 is 0.800 bits per heavy atom. The number of halogens is 2. The van der Waals surface area contributed by atoms with Crippen LogP contribution in [0.25, 0.3) is 0 Å². The Kier molecular flexibility index (Phi) is 19.4. The zero-order valence-corrected chi connectivity index (χ0v) is 14.8. The van der Waals surface area contributed by atoms with Gasteiger partial charge in [-0.05, 0) is 24.3 Å². The summed E-state index contributed by atoms with van der Waals surface area (Å²) >= 11 is -1.49. The van der Waals surface area contributed by atoms with Gasteiger partial charge < -0.3 is 7.43 Å². The average molecular weight is 399 g/mol. The second-order valence-electron chi connectivity index (χ2n) is 2.90. The van der Waals surface area contributed by atoms with Crippen LogP contribution in [-0.4, -0.2) is 14.6 Å². The molecule has 2 aromatic rings. The maximum atomic E-state index is 5.46. The molecule has 0 spiro atoms. The van der Waals surface area contributed by atoms with Crippen LogP contribution in [0.2, 0.25) is 0 Å². The van der Waals surface area contributed by atoms with Crippen LogP contribution in [-0.2, 0) is 13.5 Å². The molecule has 20 heavy (non-hydrogen) atoms. The number of hydrogen-bond donors (Lipinski definition) is 0. The monoisotopic (exact) mass is 399 g/mol. The molecule has 0 aliphatic carbocycles. The summed E-state index contributed by atoms with van der Waals surface area (Å²) in [4.78, 5) is 7.57. The molecule has 0 radical (unpaired) electrons. The molecular formula is C15H19Cl2N2Ru-. The van der Waals surface area contributed by atoms with E-state index < -0.39 is 13.5 Å². The van der Waals surface area contributed by atoms with Crippen molar-refractivity contribution in [1.82, 2.24) is 9.97 Å². The fraction of sp³-hybridized carbons (Fsp3) is 0.0667. The van der Waals surface area contributed by atoms with Crippen molar-refractivity contribution in [3.05, 3.63) is 80.8 Å². The molecular weight excluding hydrogens is 380 g/mol. The minimum Gasteiger partial charge on any atom is -0.358 e. The third kappa shape index (κ3) is 19.5. The quantitative estimate of drug-likeness (QED) is 0.503. The summed E-state index contributed by atoms with van der Waals surface area (Å²) in [7, 11) is 10.9. The standard InChI is InChI=1S/2C5H5N.C4H6.CH3.2ClH.Ru/c2*1-2-4-6-5-3-1;1-3-4-2;;;;/h2*1-5H;1,3-4H,2H3;1H3;2*1H;/q;;;-1;;;+2/p-2/b;;4-3+;;;;. The molecule has 0 amide bonds. The van der Waals surface area contributed by atoms with Gasteiger partial charge in [0.2, 0.25) is 0 Å². The zero-order chi connectivity index (χ0) is 14.2. The van der Waals surface area contributed by atoms with Crippen molar-refractivity contribution in [2.75, 3.05) is 0 Å². The zero-order valence-electron chi connectivity index (χ0n) is 11.5. The van der Waals surface area contributed by atoms with E-state index in [1.165, 1.54) is 0 Å². The van der Waals surface area contributed by atoms with Gasteiger partial charge in [0.15, 0.2) is 0 Å². The minimum atomic E-state index is -1.49. The van der Waals surface area contributed by atoms with Crippen LogP contribution in [0.5, 0.6) is 0 Å². The van der Waals surface area contributed by atoms with E-state index in [9.17, 15) is 0 Å². The fourth-order valence-corrected chi connectivity index (χ4v) is 1.94. The molecule has 0 aliphatic rings. The minimum absolute atomic E-state index is 0. The van der Waals surface area contributed by atoms with Crippen molar-refractivity contribution >= 4 is 24.0 Å². The predicted octanol–water partition coefficient (Wildman–Crippen LogP) is 4.90. The molecule has 0 unspecified atom stereocenters. The molecule has 2 nitrogen and oxygen atoms in total. The molecule has 0 aliphatic heterocycles. The SMILES string of the molecule is C/C=C/[CH]=[Ru]([Cl])[Cl].[CH3-].c1ccncc1.c1ccncc1. The number of pyridine rings is 2. The summed E-state index contributed by atoms with van der Waals surface area (Å²) in [5, 5.41) is 0. The van der Waals surface area contributed by atoms with Gasteiger partial charge in [-0.2, -0.15) is 0 Å². The van der Waals surface area contributed by atoms with E-state index in [0.29, 0.717) is 0 Å². The van der Waals surface area contributed by atoms with Gasteiger partial charge in [0.1, 0.15) is 0 Å². The van der Waals surface area contributed by atoms with Gasteiger partial charge in [-0.15, -0.1) is 0 Å². The molecule has 0 bridgehead atoms. The third-order valence-corrected chi connectivity index (χ3v) is 3.31. The van der Waals surface area contributed by atoms with Gasteiger partial charge in [-0.3, -0.25) is 9.97 Å². The first-order valence-electron chi connectivity index (χ1n) is 5.41. The Balaban J connectivity index is 0. The van der Waals surface area contributed by atoms with Crippen LogP contribution < -0.4 is 0 Å². The number of allylic oxidation sites excluding steroid dienone is 2. The van der Waals surface area contributed by atoms with Gasteiger partial charge in [0.05, 0.1) is 0 Å². The van der Waals surface area contributed by atoms with Gasteiger partial charge in [-0.1, -0.05) is 12.1 Å². The Bertz CT molecular complexity index is 359. The summed E-state index contributed by atoms with van der Waals surface area (Å²) < 4.78 is 1.84. The topological polar surface area (TPSA) is 25.8 Å². The van der Waals surface area contributed by atoms with E-state index in [1.54, 1.807) is 24.8 Å². The predicted molar refractivity (Wildman–Crippen MR) is 87.5 cm³/mol. The molecule has 0 aromatic carbocycles. The Labute approximate surface area is 135 Å². The van der Waals surface area contributed by atoms with Crippen molar-refractivity contribution < 1.29 is 13.5 Å². The summed E-state index contributed by atoms with van der Waals surface area (Å²) in [6.45, 7) is 1.93. The van der Waals surface area contributed by atoms with Crippen molar-refractivity contribution in [3.8, 4) is 0 Å². The van der Waals surface area contributed by atoms with Crippen LogP contribution in [0.4, 0.5) is 0 Å². The molecule has 0 fully saturated rings. The summed E-state index contributed by atoms with van der Waals surface area (Å²) in [6, 6.07) is 11.4.